The molecule has 2 aliphatic heterocycles. The van der Waals surface area contributed by atoms with Crippen LogP contribution in [0.1, 0.15) is 0 Å². The van der Waals surface area contributed by atoms with Crippen molar-refractivity contribution in [1.29, 1.82) is 0 Å². The Kier molecular flexibility index (Phi) is 2.97. The number of carbonyl (C=O) groups excluding carboxylic acids is 2. The summed E-state index contributed by atoms with van der Waals surface area (Å²) in [5.74, 6) is -1.46. The molecule has 7 nitrogen and oxygen atoms in total. The highest BCUT2D eigenvalue weighted by Crippen LogP contribution is 2.41. The Labute approximate surface area is 101 Å². The first-order valence-corrected chi connectivity index (χ1v) is 5.87. The number of ether oxygens (including phenoxy) is 1. The molecule has 1 fully saturated rings. The number of fused-ring (bicyclic) bond motifs is 1. The minimum atomic E-state index is -1.13. The molecule has 0 bridgehead atoms. The molecule has 0 aromatic carbocycles. The molecule has 0 saturated carbocycles. The maximum absolute atomic E-state index is 11.7. The summed E-state index contributed by atoms with van der Waals surface area (Å²) in [7, 11) is 0. The number of aliphatic carboxylic acids is 1. The molecule has 0 aromatic heterocycles. The maximum atomic E-state index is 11.7. The van der Waals surface area contributed by atoms with Crippen LogP contribution in [0.25, 0.3) is 0 Å². The molecule has 3 N–H and O–H groups in total. The van der Waals surface area contributed by atoms with Crippen LogP contribution in [0.4, 0.5) is 4.79 Å². The number of hydrogen-bond acceptors (Lipinski definition) is 5. The van der Waals surface area contributed by atoms with Gasteiger partial charge >= 0.3 is 12.1 Å². The summed E-state index contributed by atoms with van der Waals surface area (Å²) in [5.41, 5.74) is 4.80. The van der Waals surface area contributed by atoms with Crippen LogP contribution in [0.15, 0.2) is 11.8 Å². The molecule has 2 atom stereocenters. The van der Waals surface area contributed by atoms with Gasteiger partial charge in [0.1, 0.15) is 18.2 Å². The van der Waals surface area contributed by atoms with Gasteiger partial charge in [0.15, 0.2) is 0 Å². The van der Waals surface area contributed by atoms with Gasteiger partial charge in [0, 0.05) is 5.75 Å². The number of nitrogens with zero attached hydrogens (tertiary/aromatic N) is 1. The van der Waals surface area contributed by atoms with Gasteiger partial charge in [-0.2, -0.15) is 0 Å². The molecule has 1 saturated heterocycles. The lowest BCUT2D eigenvalue weighted by molar-refractivity contribution is -0.154. The summed E-state index contributed by atoms with van der Waals surface area (Å²) in [5, 5.41) is 8.63. The summed E-state index contributed by atoms with van der Waals surface area (Å²) in [6, 6.07) is 0. The molecule has 0 aromatic rings. The average molecular weight is 258 g/mol. The molecular weight excluding hydrogens is 248 g/mol. The van der Waals surface area contributed by atoms with Gasteiger partial charge in [-0.15, -0.1) is 11.8 Å². The van der Waals surface area contributed by atoms with Gasteiger partial charge in [0.2, 0.25) is 5.91 Å². The van der Waals surface area contributed by atoms with E-state index in [1.165, 1.54) is 22.7 Å². The van der Waals surface area contributed by atoms with Crippen LogP contribution in [-0.4, -0.2) is 45.7 Å². The fourth-order valence-electron chi connectivity index (χ4n) is 1.81. The first-order chi connectivity index (χ1) is 8.02. The normalized spacial score (nSPS) is 26.7. The fraction of sp³-hybridized carbons (Fsp3) is 0.444. The van der Waals surface area contributed by atoms with E-state index in [1.54, 1.807) is 0 Å². The lowest BCUT2D eigenvalue weighted by atomic mass is 9.97. The third-order valence-corrected chi connectivity index (χ3v) is 3.82. The van der Waals surface area contributed by atoms with Crippen molar-refractivity contribution in [3.05, 3.63) is 11.8 Å². The van der Waals surface area contributed by atoms with Crippen molar-refractivity contribution >= 4 is 29.7 Å². The number of hydrogen-bond donors (Lipinski definition) is 2. The molecule has 0 radical (unpaired) electrons. The number of carboxylic acid groups (broad SMARTS) is 1. The molecular formula is C9H10N2O5S. The number of amides is 2. The second-order valence-electron chi connectivity index (χ2n) is 3.56. The predicted octanol–water partition coefficient (Wildman–Crippen LogP) is -0.418. The quantitative estimate of drug-likeness (QED) is 0.665. The number of thioether (sulfide) groups is 1. The summed E-state index contributed by atoms with van der Waals surface area (Å²) < 4.78 is 4.57. The molecule has 92 valence electrons. The molecule has 0 aliphatic carbocycles. The zero-order chi connectivity index (χ0) is 12.6. The number of primary amides is 1. The lowest BCUT2D eigenvalue weighted by Crippen LogP contribution is -2.62. The first-order valence-electron chi connectivity index (χ1n) is 4.82. The van der Waals surface area contributed by atoms with Gasteiger partial charge in [-0.25, -0.2) is 9.59 Å². The molecule has 1 unspecified atom stereocenters. The van der Waals surface area contributed by atoms with Crippen LogP contribution in [0.5, 0.6) is 0 Å². The highest BCUT2D eigenvalue weighted by atomic mass is 32.2. The second-order valence-corrected chi connectivity index (χ2v) is 4.71. The highest BCUT2D eigenvalue weighted by Gasteiger charge is 2.52. The van der Waals surface area contributed by atoms with Crippen LogP contribution >= 0.6 is 11.8 Å². The van der Waals surface area contributed by atoms with Crippen LogP contribution in [0.3, 0.4) is 0 Å². The molecule has 2 aliphatic rings. The van der Waals surface area contributed by atoms with E-state index in [0.29, 0.717) is 5.75 Å². The van der Waals surface area contributed by atoms with E-state index < -0.39 is 18.0 Å². The van der Waals surface area contributed by atoms with Crippen LogP contribution in [0.2, 0.25) is 0 Å². The van der Waals surface area contributed by atoms with Crippen molar-refractivity contribution in [3.8, 4) is 0 Å². The first kappa shape index (κ1) is 11.8. The zero-order valence-corrected chi connectivity index (χ0v) is 9.48. The predicted molar refractivity (Wildman–Crippen MR) is 57.8 cm³/mol. The number of β-lactam (4-membered cyclic amide) rings is 1. The second kappa shape index (κ2) is 4.28. The smallest absolute Gasteiger partial charge is 0.404 e. The molecule has 0 spiro atoms. The third-order valence-electron chi connectivity index (χ3n) is 2.58. The molecule has 8 heteroatoms. The van der Waals surface area contributed by atoms with Crippen molar-refractivity contribution in [2.75, 3.05) is 12.4 Å². The van der Waals surface area contributed by atoms with Gasteiger partial charge in [-0.1, -0.05) is 0 Å². The molecule has 2 heterocycles. The third kappa shape index (κ3) is 1.95. The van der Waals surface area contributed by atoms with Crippen molar-refractivity contribution in [2.24, 2.45) is 11.7 Å². The summed E-state index contributed by atoms with van der Waals surface area (Å²) >= 11 is 1.43. The lowest BCUT2D eigenvalue weighted by Gasteiger charge is -2.47. The number of rotatable bonds is 3. The Hall–Kier alpha value is -1.70. The highest BCUT2D eigenvalue weighted by molar-refractivity contribution is 8.00. The standard InChI is InChI=1S/C9H10N2O5S/c10-9(15)16-3-4-6(12)11-5(8(13)14)1-2-17-7(4)11/h1,4,7H,2-3H2,(H2,10,15)(H,13,14)/t4?,7-/m0/s1. The van der Waals surface area contributed by atoms with Gasteiger partial charge in [-0.05, 0) is 6.08 Å². The zero-order valence-electron chi connectivity index (χ0n) is 8.66. The Bertz CT molecular complexity index is 422. The van der Waals surface area contributed by atoms with Gasteiger partial charge < -0.3 is 15.6 Å². The number of nitrogens with two attached hydrogens (primary N) is 1. The van der Waals surface area contributed by atoms with E-state index in [0.717, 1.165) is 0 Å². The van der Waals surface area contributed by atoms with Crippen molar-refractivity contribution in [3.63, 3.8) is 0 Å². The van der Waals surface area contributed by atoms with Gasteiger partial charge in [0.05, 0.1) is 5.37 Å². The van der Waals surface area contributed by atoms with E-state index in [2.05, 4.69) is 4.74 Å². The minimum absolute atomic E-state index is 0.00549. The summed E-state index contributed by atoms with van der Waals surface area (Å²) in [4.78, 5) is 34.2. The van der Waals surface area contributed by atoms with Crippen molar-refractivity contribution in [1.82, 2.24) is 4.90 Å². The van der Waals surface area contributed by atoms with Crippen molar-refractivity contribution < 1.29 is 24.2 Å². The minimum Gasteiger partial charge on any atom is -0.477 e. The summed E-state index contributed by atoms with van der Waals surface area (Å²) in [6.07, 6.45) is 0.554. The molecule has 2 rings (SSSR count). The van der Waals surface area contributed by atoms with Crippen LogP contribution < -0.4 is 5.73 Å². The SMILES string of the molecule is NC(=O)OCC1C(=O)N2C(C(=O)O)=CCS[C@@H]12. The van der Waals surface area contributed by atoms with Crippen LogP contribution in [-0.2, 0) is 14.3 Å². The van der Waals surface area contributed by atoms with Gasteiger partial charge in [0.25, 0.3) is 0 Å². The Morgan fingerprint density at radius 2 is 2.35 bits per heavy atom. The Balaban J connectivity index is 2.05. The summed E-state index contributed by atoms with van der Waals surface area (Å²) in [6.45, 7) is -0.102. The average Bonchev–Trinajstić information content (AvgIpc) is 2.27. The largest absolute Gasteiger partial charge is 0.477 e. The maximum Gasteiger partial charge on any atom is 0.404 e. The van der Waals surface area contributed by atoms with E-state index in [1.807, 2.05) is 0 Å². The fourth-order valence-corrected chi connectivity index (χ4v) is 3.06. The van der Waals surface area contributed by atoms with E-state index in [-0.39, 0.29) is 23.6 Å². The molecule has 17 heavy (non-hydrogen) atoms. The Morgan fingerprint density at radius 1 is 1.65 bits per heavy atom. The van der Waals surface area contributed by atoms with Crippen LogP contribution in [0, 0.1) is 5.92 Å². The Morgan fingerprint density at radius 3 is 2.94 bits per heavy atom. The van der Waals surface area contributed by atoms with E-state index >= 15 is 0 Å². The van der Waals surface area contributed by atoms with E-state index in [4.69, 9.17) is 10.8 Å². The number of carboxylic acids is 1. The topological polar surface area (TPSA) is 110 Å². The molecule has 2 amide bonds. The van der Waals surface area contributed by atoms with E-state index in [9.17, 15) is 14.4 Å². The number of carbonyl (C=O) groups is 3. The monoisotopic (exact) mass is 258 g/mol. The van der Waals surface area contributed by atoms with Crippen molar-refractivity contribution in [2.45, 2.75) is 5.37 Å². The van der Waals surface area contributed by atoms with Gasteiger partial charge in [-0.3, -0.25) is 9.69 Å².